The Bertz CT molecular complexity index is 940. The molecular formula is C17H12FN3O. The molecule has 0 amide bonds. The van der Waals surface area contributed by atoms with Crippen LogP contribution in [0.1, 0.15) is 5.56 Å². The lowest BCUT2D eigenvalue weighted by Gasteiger charge is -2.01. The summed E-state index contributed by atoms with van der Waals surface area (Å²) in [5.74, 6) is 0.521. The molecule has 0 saturated carbocycles. The quantitative estimate of drug-likeness (QED) is 0.558. The smallest absolute Gasteiger partial charge is 0.134 e. The van der Waals surface area contributed by atoms with Gasteiger partial charge in [0.05, 0.1) is 12.0 Å². The van der Waals surface area contributed by atoms with E-state index in [1.165, 1.54) is 16.9 Å². The van der Waals surface area contributed by atoms with Crippen LogP contribution in [-0.4, -0.2) is 15.0 Å². The summed E-state index contributed by atoms with van der Waals surface area (Å²) in [4.78, 5) is 1.51. The highest BCUT2D eigenvalue weighted by atomic mass is 19.1. The number of hydrogen-bond acceptors (Lipinski definition) is 3. The van der Waals surface area contributed by atoms with E-state index in [0.29, 0.717) is 0 Å². The third kappa shape index (κ3) is 2.07. The maximum atomic E-state index is 13.0. The standard InChI is InChI=1S/C17H12FN3O/c1-11-9-15-16(10-14(11)17-3-2-8-22-17)20-21(19-15)13-6-4-12(18)5-7-13/h2-10H,1H3. The molecule has 5 heteroatoms. The Kier molecular flexibility index (Phi) is 2.79. The summed E-state index contributed by atoms with van der Waals surface area (Å²) in [6.45, 7) is 2.01. The second-order valence-corrected chi connectivity index (χ2v) is 5.10. The van der Waals surface area contributed by atoms with E-state index in [9.17, 15) is 4.39 Å². The summed E-state index contributed by atoms with van der Waals surface area (Å²) in [5.41, 5.74) is 4.32. The zero-order valence-electron chi connectivity index (χ0n) is 11.8. The number of halogens is 1. The largest absolute Gasteiger partial charge is 0.464 e. The first-order valence-electron chi connectivity index (χ1n) is 6.88. The Morgan fingerprint density at radius 3 is 2.41 bits per heavy atom. The molecule has 4 rings (SSSR count). The van der Waals surface area contributed by atoms with Gasteiger partial charge in [0.2, 0.25) is 0 Å². The fourth-order valence-electron chi connectivity index (χ4n) is 2.46. The molecule has 2 aromatic carbocycles. The van der Waals surface area contributed by atoms with Crippen molar-refractivity contribution >= 4 is 11.0 Å². The van der Waals surface area contributed by atoms with Crippen molar-refractivity contribution in [2.45, 2.75) is 6.92 Å². The van der Waals surface area contributed by atoms with E-state index in [0.717, 1.165) is 33.6 Å². The van der Waals surface area contributed by atoms with Crippen molar-refractivity contribution in [1.82, 2.24) is 15.0 Å². The summed E-state index contributed by atoms with van der Waals surface area (Å²) in [6, 6.07) is 13.8. The van der Waals surface area contributed by atoms with Gasteiger partial charge >= 0.3 is 0 Å². The van der Waals surface area contributed by atoms with Crippen molar-refractivity contribution in [3.63, 3.8) is 0 Å². The van der Waals surface area contributed by atoms with Gasteiger partial charge in [-0.05, 0) is 61.0 Å². The van der Waals surface area contributed by atoms with Crippen molar-refractivity contribution in [3.05, 3.63) is 66.2 Å². The Morgan fingerprint density at radius 1 is 1.00 bits per heavy atom. The predicted molar refractivity (Wildman–Crippen MR) is 81.3 cm³/mol. The van der Waals surface area contributed by atoms with Crippen LogP contribution in [0.5, 0.6) is 0 Å². The molecule has 0 unspecified atom stereocenters. The molecule has 22 heavy (non-hydrogen) atoms. The van der Waals surface area contributed by atoms with E-state index in [4.69, 9.17) is 4.42 Å². The molecule has 2 heterocycles. The summed E-state index contributed by atoms with van der Waals surface area (Å²) in [5, 5.41) is 8.91. The van der Waals surface area contributed by atoms with Crippen LogP contribution in [0.4, 0.5) is 4.39 Å². The number of furan rings is 1. The third-order valence-electron chi connectivity index (χ3n) is 3.57. The minimum Gasteiger partial charge on any atom is -0.464 e. The number of hydrogen-bond donors (Lipinski definition) is 0. The highest BCUT2D eigenvalue weighted by Crippen LogP contribution is 2.27. The summed E-state index contributed by atoms with van der Waals surface area (Å²) in [7, 11) is 0. The third-order valence-corrected chi connectivity index (χ3v) is 3.57. The van der Waals surface area contributed by atoms with Crippen molar-refractivity contribution in [3.8, 4) is 17.0 Å². The second kappa shape index (κ2) is 4.80. The van der Waals surface area contributed by atoms with E-state index in [-0.39, 0.29) is 5.82 Å². The summed E-state index contributed by atoms with van der Waals surface area (Å²) in [6.07, 6.45) is 1.65. The highest BCUT2D eigenvalue weighted by molar-refractivity contribution is 5.82. The Hall–Kier alpha value is -2.95. The molecule has 0 aliphatic heterocycles. The molecule has 2 aromatic heterocycles. The van der Waals surface area contributed by atoms with Crippen LogP contribution < -0.4 is 0 Å². The number of nitrogens with zero attached hydrogens (tertiary/aromatic N) is 3. The van der Waals surface area contributed by atoms with E-state index in [1.807, 2.05) is 31.2 Å². The van der Waals surface area contributed by atoms with Gasteiger partial charge in [0.1, 0.15) is 22.6 Å². The average Bonchev–Trinajstić information content (AvgIpc) is 3.15. The van der Waals surface area contributed by atoms with Crippen LogP contribution in [0, 0.1) is 12.7 Å². The number of rotatable bonds is 2. The predicted octanol–water partition coefficient (Wildman–Crippen LogP) is 4.13. The molecule has 0 saturated heterocycles. The minimum atomic E-state index is -0.281. The Balaban J connectivity index is 1.86. The number of aromatic nitrogens is 3. The summed E-state index contributed by atoms with van der Waals surface area (Å²) < 4.78 is 18.5. The monoisotopic (exact) mass is 293 g/mol. The van der Waals surface area contributed by atoms with Gasteiger partial charge in [-0.1, -0.05) is 0 Å². The number of fused-ring (bicyclic) bond motifs is 1. The zero-order chi connectivity index (χ0) is 15.1. The zero-order valence-corrected chi connectivity index (χ0v) is 11.8. The molecule has 4 nitrogen and oxygen atoms in total. The second-order valence-electron chi connectivity index (χ2n) is 5.10. The molecule has 0 aliphatic rings. The molecule has 0 aliphatic carbocycles. The van der Waals surface area contributed by atoms with E-state index in [2.05, 4.69) is 10.2 Å². The molecule has 0 N–H and O–H groups in total. The molecule has 0 bridgehead atoms. The number of aryl methyl sites for hydroxylation is 1. The Labute approximate surface area is 125 Å². The lowest BCUT2D eigenvalue weighted by molar-refractivity contribution is 0.582. The van der Waals surface area contributed by atoms with E-state index < -0.39 is 0 Å². The van der Waals surface area contributed by atoms with Gasteiger partial charge in [0, 0.05) is 5.56 Å². The lowest BCUT2D eigenvalue weighted by atomic mass is 10.1. The minimum absolute atomic E-state index is 0.281. The molecule has 4 aromatic rings. The van der Waals surface area contributed by atoms with Crippen molar-refractivity contribution in [2.75, 3.05) is 0 Å². The van der Waals surface area contributed by atoms with Crippen LogP contribution >= 0.6 is 0 Å². The first-order chi connectivity index (χ1) is 10.7. The van der Waals surface area contributed by atoms with Crippen LogP contribution in [-0.2, 0) is 0 Å². The van der Waals surface area contributed by atoms with E-state index in [1.54, 1.807) is 18.4 Å². The molecule has 108 valence electrons. The van der Waals surface area contributed by atoms with Crippen LogP contribution in [0.3, 0.4) is 0 Å². The van der Waals surface area contributed by atoms with Crippen molar-refractivity contribution < 1.29 is 8.81 Å². The van der Waals surface area contributed by atoms with E-state index >= 15 is 0 Å². The highest BCUT2D eigenvalue weighted by Gasteiger charge is 2.11. The van der Waals surface area contributed by atoms with Crippen LogP contribution in [0.25, 0.3) is 28.0 Å². The first kappa shape index (κ1) is 12.8. The maximum Gasteiger partial charge on any atom is 0.134 e. The topological polar surface area (TPSA) is 43.9 Å². The van der Waals surface area contributed by atoms with Gasteiger partial charge in [-0.15, -0.1) is 10.2 Å². The fraction of sp³-hybridized carbons (Fsp3) is 0.0588. The van der Waals surface area contributed by atoms with Crippen LogP contribution in [0.15, 0.2) is 59.2 Å². The molecule has 0 fully saturated rings. The van der Waals surface area contributed by atoms with Gasteiger partial charge < -0.3 is 4.42 Å². The van der Waals surface area contributed by atoms with Crippen molar-refractivity contribution in [2.24, 2.45) is 0 Å². The van der Waals surface area contributed by atoms with Gasteiger partial charge in [-0.3, -0.25) is 0 Å². The molecule has 0 spiro atoms. The lowest BCUT2D eigenvalue weighted by Crippen LogP contribution is -1.97. The van der Waals surface area contributed by atoms with Gasteiger partial charge in [0.25, 0.3) is 0 Å². The molecule has 0 atom stereocenters. The van der Waals surface area contributed by atoms with Gasteiger partial charge in [0.15, 0.2) is 0 Å². The molecular weight excluding hydrogens is 281 g/mol. The SMILES string of the molecule is Cc1cc2nn(-c3ccc(F)cc3)nc2cc1-c1ccco1. The van der Waals surface area contributed by atoms with Crippen LogP contribution in [0.2, 0.25) is 0 Å². The summed E-state index contributed by atoms with van der Waals surface area (Å²) >= 11 is 0. The maximum absolute atomic E-state index is 13.0. The Morgan fingerprint density at radius 2 is 1.73 bits per heavy atom. The normalized spacial score (nSPS) is 11.2. The average molecular weight is 293 g/mol. The van der Waals surface area contributed by atoms with Crippen molar-refractivity contribution in [1.29, 1.82) is 0 Å². The first-order valence-corrected chi connectivity index (χ1v) is 6.88. The van der Waals surface area contributed by atoms with Gasteiger partial charge in [-0.2, -0.15) is 4.80 Å². The fourth-order valence-corrected chi connectivity index (χ4v) is 2.46. The number of benzene rings is 2. The molecule has 0 radical (unpaired) electrons. The van der Waals surface area contributed by atoms with Gasteiger partial charge in [-0.25, -0.2) is 4.39 Å².